The fraction of sp³-hybridized carbons (Fsp3) is 0. The minimum atomic E-state index is -0.999. The molecule has 0 fully saturated rings. The highest BCUT2D eigenvalue weighted by Crippen LogP contribution is 2.67. The third kappa shape index (κ3) is 3.11. The standard InChI is InChI=1S/C48H26N2O2S/c1-2-11-26(12-3-1)27-21-22-35-33(23-27)43-45-41(25-32-29-14-6-9-20-39(29)52-47(32)43)53-40-24-31-28-13-5-8-19-38(28)51-46(31)42-30-15-4-7-16-34(30)49(44(40)42)36-17-10-18-37(48(36)53)50(35)45/h1-25,53H. The van der Waals surface area contributed by atoms with Crippen LogP contribution < -0.4 is 0 Å². The van der Waals surface area contributed by atoms with Crippen LogP contribution >= 0.6 is 10.9 Å². The van der Waals surface area contributed by atoms with E-state index in [0.717, 1.165) is 33.1 Å². The summed E-state index contributed by atoms with van der Waals surface area (Å²) in [6.07, 6.45) is 0. The molecule has 0 N–H and O–H groups in total. The van der Waals surface area contributed by atoms with Crippen molar-refractivity contribution in [3.8, 4) is 22.5 Å². The molecule has 2 aliphatic rings. The molecule has 0 saturated heterocycles. The number of thiol groups is 1. The van der Waals surface area contributed by atoms with Crippen LogP contribution in [0.5, 0.6) is 0 Å². The monoisotopic (exact) mass is 694 g/mol. The average molecular weight is 695 g/mol. The normalized spacial score (nSPS) is 15.3. The maximum absolute atomic E-state index is 6.88. The number of benzene rings is 8. The Balaban J connectivity index is 1.23. The molecule has 0 bridgehead atoms. The molecule has 4 nitrogen and oxygen atoms in total. The summed E-state index contributed by atoms with van der Waals surface area (Å²) in [6.45, 7) is 0. The number of rotatable bonds is 1. The van der Waals surface area contributed by atoms with Crippen molar-refractivity contribution < 1.29 is 8.83 Å². The van der Waals surface area contributed by atoms with Gasteiger partial charge in [0, 0.05) is 47.0 Å². The van der Waals surface area contributed by atoms with E-state index in [-0.39, 0.29) is 0 Å². The van der Waals surface area contributed by atoms with Gasteiger partial charge in [-0.05, 0) is 65.7 Å². The van der Waals surface area contributed by atoms with Crippen molar-refractivity contribution in [2.75, 3.05) is 0 Å². The molecule has 0 amide bonds. The number of aromatic nitrogens is 2. The first-order valence-electron chi connectivity index (χ1n) is 18.1. The Morgan fingerprint density at radius 2 is 0.943 bits per heavy atom. The number of furan rings is 2. The summed E-state index contributed by atoms with van der Waals surface area (Å²) in [7, 11) is -0.999. The lowest BCUT2D eigenvalue weighted by Crippen LogP contribution is -2.13. The van der Waals surface area contributed by atoms with E-state index in [4.69, 9.17) is 8.83 Å². The molecule has 4 aromatic heterocycles. The van der Waals surface area contributed by atoms with E-state index < -0.39 is 10.9 Å². The molecule has 0 saturated carbocycles. The Labute approximate surface area is 304 Å². The van der Waals surface area contributed by atoms with E-state index >= 15 is 0 Å². The molecule has 1 unspecified atom stereocenters. The van der Waals surface area contributed by atoms with Crippen LogP contribution in [0, 0.1) is 0 Å². The molecule has 5 heteroatoms. The van der Waals surface area contributed by atoms with Crippen molar-refractivity contribution >= 4 is 98.4 Å². The first-order chi connectivity index (χ1) is 26.3. The molecule has 246 valence electrons. The van der Waals surface area contributed by atoms with Crippen molar-refractivity contribution in [3.05, 3.63) is 152 Å². The summed E-state index contributed by atoms with van der Waals surface area (Å²) in [5.74, 6) is 0. The van der Waals surface area contributed by atoms with Crippen molar-refractivity contribution in [1.29, 1.82) is 0 Å². The van der Waals surface area contributed by atoms with Crippen LogP contribution in [0.2, 0.25) is 0 Å². The van der Waals surface area contributed by atoms with Crippen LogP contribution in [0.1, 0.15) is 0 Å². The van der Waals surface area contributed by atoms with E-state index in [9.17, 15) is 0 Å². The fourth-order valence-electron chi connectivity index (χ4n) is 9.81. The number of para-hydroxylation sites is 3. The number of nitrogens with zero attached hydrogens (tertiary/aromatic N) is 2. The first kappa shape index (κ1) is 27.0. The summed E-state index contributed by atoms with van der Waals surface area (Å²) in [6, 6.07) is 55.4. The molecular formula is C48H26N2O2S. The van der Waals surface area contributed by atoms with Crippen LogP contribution in [0.15, 0.2) is 175 Å². The molecule has 0 spiro atoms. The Morgan fingerprint density at radius 1 is 0.396 bits per heavy atom. The van der Waals surface area contributed by atoms with E-state index in [0.29, 0.717) is 0 Å². The Kier molecular flexibility index (Phi) is 4.69. The lowest BCUT2D eigenvalue weighted by Gasteiger charge is -2.37. The SMILES string of the molecule is c1ccc(-c2ccc3c(c2)c2c4oc5ccccc5c4cc4c2n3-c2cccc3c2[SH]4c2cc4c5ccccc5oc4c4c5ccccc5n-3c24)cc1. The van der Waals surface area contributed by atoms with Gasteiger partial charge >= 0.3 is 0 Å². The largest absolute Gasteiger partial charge is 0.455 e. The number of fused-ring (bicyclic) bond motifs is 18. The van der Waals surface area contributed by atoms with E-state index in [1.54, 1.807) is 0 Å². The molecule has 12 aromatic rings. The predicted molar refractivity (Wildman–Crippen MR) is 219 cm³/mol. The van der Waals surface area contributed by atoms with Gasteiger partial charge in [0.15, 0.2) is 0 Å². The molecule has 14 rings (SSSR count). The lowest BCUT2D eigenvalue weighted by atomic mass is 10.0. The van der Waals surface area contributed by atoms with E-state index in [2.05, 4.69) is 161 Å². The highest BCUT2D eigenvalue weighted by Gasteiger charge is 2.38. The van der Waals surface area contributed by atoms with Crippen LogP contribution in [0.25, 0.3) is 110 Å². The predicted octanol–water partition coefficient (Wildman–Crippen LogP) is 13.5. The number of hydrogen-bond donors (Lipinski definition) is 1. The topological polar surface area (TPSA) is 36.1 Å². The maximum atomic E-state index is 6.88. The van der Waals surface area contributed by atoms with Crippen molar-refractivity contribution in [1.82, 2.24) is 9.13 Å². The fourth-order valence-corrected chi connectivity index (χ4v) is 12.7. The Morgan fingerprint density at radius 3 is 1.60 bits per heavy atom. The van der Waals surface area contributed by atoms with Gasteiger partial charge in [0.25, 0.3) is 0 Å². The average Bonchev–Trinajstić information content (AvgIpc) is 3.96. The van der Waals surface area contributed by atoms with Crippen LogP contribution in [0.4, 0.5) is 0 Å². The first-order valence-corrected chi connectivity index (χ1v) is 19.5. The molecule has 2 aliphatic heterocycles. The maximum Gasteiger partial charge on any atom is 0.145 e. The summed E-state index contributed by atoms with van der Waals surface area (Å²) in [5, 5.41) is 9.50. The zero-order valence-electron chi connectivity index (χ0n) is 28.1. The van der Waals surface area contributed by atoms with Gasteiger partial charge in [-0.3, -0.25) is 0 Å². The van der Waals surface area contributed by atoms with Gasteiger partial charge in [0.05, 0.1) is 44.2 Å². The van der Waals surface area contributed by atoms with Gasteiger partial charge in [0.2, 0.25) is 0 Å². The summed E-state index contributed by atoms with van der Waals surface area (Å²) < 4.78 is 18.7. The zero-order valence-corrected chi connectivity index (χ0v) is 29.0. The van der Waals surface area contributed by atoms with Crippen LogP contribution in [0.3, 0.4) is 0 Å². The van der Waals surface area contributed by atoms with Crippen molar-refractivity contribution in [3.63, 3.8) is 0 Å². The second-order valence-electron chi connectivity index (χ2n) is 14.5. The van der Waals surface area contributed by atoms with Gasteiger partial charge in [-0.2, -0.15) is 10.9 Å². The van der Waals surface area contributed by atoms with Gasteiger partial charge in [0.1, 0.15) is 22.3 Å². The molecular weight excluding hydrogens is 669 g/mol. The van der Waals surface area contributed by atoms with E-state index in [1.807, 2.05) is 0 Å². The van der Waals surface area contributed by atoms with Gasteiger partial charge in [-0.25, -0.2) is 0 Å². The van der Waals surface area contributed by atoms with Gasteiger partial charge < -0.3 is 18.0 Å². The minimum absolute atomic E-state index is 0.920. The van der Waals surface area contributed by atoms with Crippen LogP contribution in [-0.2, 0) is 0 Å². The van der Waals surface area contributed by atoms with Gasteiger partial charge in [-0.1, -0.05) is 97.1 Å². The summed E-state index contributed by atoms with van der Waals surface area (Å²) >= 11 is 0. The Bertz CT molecular complexity index is 3640. The third-order valence-electron chi connectivity index (χ3n) is 11.9. The second-order valence-corrected chi connectivity index (χ2v) is 16.5. The van der Waals surface area contributed by atoms with Crippen LogP contribution in [-0.4, -0.2) is 9.13 Å². The van der Waals surface area contributed by atoms with Crippen molar-refractivity contribution in [2.24, 2.45) is 0 Å². The minimum Gasteiger partial charge on any atom is -0.455 e. The Hall–Kier alpha value is -6.69. The molecule has 1 atom stereocenters. The molecule has 0 aliphatic carbocycles. The number of hydrogen-bond acceptors (Lipinski definition) is 2. The molecule has 6 heterocycles. The molecule has 8 aromatic carbocycles. The molecule has 0 radical (unpaired) electrons. The van der Waals surface area contributed by atoms with E-state index in [1.165, 1.54) is 91.6 Å². The third-order valence-corrected chi connectivity index (χ3v) is 14.4. The summed E-state index contributed by atoms with van der Waals surface area (Å²) in [4.78, 5) is 4.15. The van der Waals surface area contributed by atoms with Crippen molar-refractivity contribution in [2.45, 2.75) is 14.7 Å². The molecule has 53 heavy (non-hydrogen) atoms. The lowest BCUT2D eigenvalue weighted by molar-refractivity contribution is 0.672. The van der Waals surface area contributed by atoms with Gasteiger partial charge in [-0.15, -0.1) is 0 Å². The highest BCUT2D eigenvalue weighted by atomic mass is 32.2. The highest BCUT2D eigenvalue weighted by molar-refractivity contribution is 8.17. The second kappa shape index (κ2) is 9.20. The smallest absolute Gasteiger partial charge is 0.145 e. The summed E-state index contributed by atoms with van der Waals surface area (Å²) in [5.41, 5.74) is 13.6. The quantitative estimate of drug-likeness (QED) is 0.174. The zero-order chi connectivity index (χ0) is 34.1.